The zero-order valence-corrected chi connectivity index (χ0v) is 14.9. The molecule has 1 saturated heterocycles. The molecule has 8 nitrogen and oxygen atoms in total. The predicted molar refractivity (Wildman–Crippen MR) is 89.7 cm³/mol. The molecule has 24 heavy (non-hydrogen) atoms. The van der Waals surface area contributed by atoms with Gasteiger partial charge in [-0.05, 0) is 19.3 Å². The van der Waals surface area contributed by atoms with Crippen molar-refractivity contribution >= 4 is 11.9 Å². The number of nitrogens with one attached hydrogen (secondary N) is 2. The van der Waals surface area contributed by atoms with Crippen molar-refractivity contribution in [2.45, 2.75) is 32.7 Å². The molecule has 1 atom stereocenters. The van der Waals surface area contributed by atoms with E-state index in [2.05, 4.69) is 15.7 Å². The number of hydrogen-bond acceptors (Lipinski definition) is 4. The lowest BCUT2D eigenvalue weighted by Gasteiger charge is -2.31. The lowest BCUT2D eigenvalue weighted by molar-refractivity contribution is -0.125. The minimum atomic E-state index is -0.156. The van der Waals surface area contributed by atoms with Crippen LogP contribution in [-0.2, 0) is 24.8 Å². The van der Waals surface area contributed by atoms with Gasteiger partial charge in [-0.25, -0.2) is 9.48 Å². The van der Waals surface area contributed by atoms with Crippen LogP contribution in [0.5, 0.6) is 5.88 Å². The fraction of sp³-hybridized carbons (Fsp3) is 0.688. The van der Waals surface area contributed by atoms with Crippen molar-refractivity contribution in [2.75, 3.05) is 27.2 Å². The molecule has 1 aliphatic rings. The number of amides is 3. The summed E-state index contributed by atoms with van der Waals surface area (Å²) in [6.07, 6.45) is 2.42. The first-order chi connectivity index (χ1) is 11.5. The maximum Gasteiger partial charge on any atom is 0.317 e. The Bertz CT molecular complexity index is 599. The minimum absolute atomic E-state index is 0.00491. The molecule has 2 N–H and O–H groups in total. The molecule has 0 aliphatic carbocycles. The molecule has 1 unspecified atom stereocenters. The normalized spacial score (nSPS) is 17.5. The topological polar surface area (TPSA) is 88.5 Å². The van der Waals surface area contributed by atoms with Crippen LogP contribution in [0.25, 0.3) is 0 Å². The summed E-state index contributed by atoms with van der Waals surface area (Å²) in [5.74, 6) is 0.525. The molecular formula is C16H27N5O3. The van der Waals surface area contributed by atoms with E-state index < -0.39 is 0 Å². The SMILES string of the molecule is CCc1nn(C)c(OC)c1CNC(=O)N1CCCC(C(=O)NC)C1. The monoisotopic (exact) mass is 337 g/mol. The van der Waals surface area contributed by atoms with E-state index in [4.69, 9.17) is 4.74 Å². The minimum Gasteiger partial charge on any atom is -0.481 e. The van der Waals surface area contributed by atoms with Crippen molar-refractivity contribution in [3.63, 3.8) is 0 Å². The maximum absolute atomic E-state index is 12.4. The Morgan fingerprint density at radius 2 is 2.17 bits per heavy atom. The third-order valence-electron chi connectivity index (χ3n) is 4.44. The highest BCUT2D eigenvalue weighted by Gasteiger charge is 2.28. The van der Waals surface area contributed by atoms with Crippen molar-refractivity contribution in [2.24, 2.45) is 13.0 Å². The molecule has 0 aromatic carbocycles. The molecule has 0 saturated carbocycles. The first-order valence-corrected chi connectivity index (χ1v) is 8.34. The van der Waals surface area contributed by atoms with Crippen LogP contribution >= 0.6 is 0 Å². The number of carbonyl (C=O) groups is 2. The van der Waals surface area contributed by atoms with Crippen LogP contribution in [0.3, 0.4) is 0 Å². The van der Waals surface area contributed by atoms with Gasteiger partial charge in [-0.1, -0.05) is 6.92 Å². The molecular weight excluding hydrogens is 310 g/mol. The highest BCUT2D eigenvalue weighted by molar-refractivity contribution is 5.80. The van der Waals surface area contributed by atoms with E-state index in [1.54, 1.807) is 23.7 Å². The second-order valence-electron chi connectivity index (χ2n) is 5.97. The smallest absolute Gasteiger partial charge is 0.317 e. The van der Waals surface area contributed by atoms with Crippen molar-refractivity contribution in [3.05, 3.63) is 11.3 Å². The first kappa shape index (κ1) is 18.1. The largest absolute Gasteiger partial charge is 0.481 e. The van der Waals surface area contributed by atoms with Gasteiger partial charge in [0.25, 0.3) is 0 Å². The first-order valence-electron chi connectivity index (χ1n) is 8.34. The van der Waals surface area contributed by atoms with Crippen molar-refractivity contribution in [1.82, 2.24) is 25.3 Å². The number of aryl methyl sites for hydroxylation is 2. The summed E-state index contributed by atoms with van der Waals surface area (Å²) in [5.41, 5.74) is 1.81. The number of carbonyl (C=O) groups excluding carboxylic acids is 2. The van der Waals surface area contributed by atoms with Gasteiger partial charge in [-0.2, -0.15) is 5.10 Å². The summed E-state index contributed by atoms with van der Waals surface area (Å²) in [6.45, 7) is 3.51. The van der Waals surface area contributed by atoms with Gasteiger partial charge in [0.2, 0.25) is 11.8 Å². The van der Waals surface area contributed by atoms with E-state index in [9.17, 15) is 9.59 Å². The number of methoxy groups -OCH3 is 1. The number of nitrogens with zero attached hydrogens (tertiary/aromatic N) is 3. The predicted octanol–water partition coefficient (Wildman–Crippen LogP) is 0.659. The highest BCUT2D eigenvalue weighted by Crippen LogP contribution is 2.22. The molecule has 2 heterocycles. The summed E-state index contributed by atoms with van der Waals surface area (Å²) in [7, 11) is 5.05. The molecule has 0 spiro atoms. The third-order valence-corrected chi connectivity index (χ3v) is 4.44. The Hall–Kier alpha value is -2.25. The average molecular weight is 337 g/mol. The highest BCUT2D eigenvalue weighted by atomic mass is 16.5. The van der Waals surface area contributed by atoms with Gasteiger partial charge >= 0.3 is 6.03 Å². The van der Waals surface area contributed by atoms with Crippen LogP contribution in [0.2, 0.25) is 0 Å². The van der Waals surface area contributed by atoms with Crippen LogP contribution < -0.4 is 15.4 Å². The summed E-state index contributed by atoms with van der Waals surface area (Å²) in [4.78, 5) is 25.9. The standard InChI is InChI=1S/C16H27N5O3/c1-5-13-12(15(24-4)20(3)19-13)9-18-16(23)21-8-6-7-11(10-21)14(22)17-2/h11H,5-10H2,1-4H3,(H,17,22)(H,18,23). The number of hydrogen-bond donors (Lipinski definition) is 2. The van der Waals surface area contributed by atoms with Crippen molar-refractivity contribution < 1.29 is 14.3 Å². The van der Waals surface area contributed by atoms with Crippen LogP contribution in [-0.4, -0.2) is 53.9 Å². The summed E-state index contributed by atoms with van der Waals surface area (Å²) in [6, 6.07) is -0.156. The van der Waals surface area contributed by atoms with Gasteiger partial charge in [0.15, 0.2) is 0 Å². The fourth-order valence-electron chi connectivity index (χ4n) is 3.18. The van der Waals surface area contributed by atoms with Gasteiger partial charge in [-0.3, -0.25) is 4.79 Å². The second kappa shape index (κ2) is 8.03. The van der Waals surface area contributed by atoms with Gasteiger partial charge in [-0.15, -0.1) is 0 Å². The van der Waals surface area contributed by atoms with Gasteiger partial charge in [0.05, 0.1) is 30.8 Å². The Kier molecular flexibility index (Phi) is 6.05. The van der Waals surface area contributed by atoms with Crippen LogP contribution in [0.15, 0.2) is 0 Å². The van der Waals surface area contributed by atoms with Gasteiger partial charge in [0.1, 0.15) is 0 Å². The lowest BCUT2D eigenvalue weighted by atomic mass is 9.97. The maximum atomic E-state index is 12.4. The molecule has 1 aromatic rings. The van der Waals surface area contributed by atoms with E-state index in [-0.39, 0.29) is 17.9 Å². The third kappa shape index (κ3) is 3.80. The second-order valence-corrected chi connectivity index (χ2v) is 5.97. The van der Waals surface area contributed by atoms with Crippen LogP contribution in [0.1, 0.15) is 31.0 Å². The molecule has 1 fully saturated rings. The zero-order valence-electron chi connectivity index (χ0n) is 14.9. The van der Waals surface area contributed by atoms with E-state index >= 15 is 0 Å². The summed E-state index contributed by atoms with van der Waals surface area (Å²) < 4.78 is 7.07. The molecule has 3 amide bonds. The van der Waals surface area contributed by atoms with E-state index in [0.29, 0.717) is 25.5 Å². The van der Waals surface area contributed by atoms with Crippen molar-refractivity contribution in [1.29, 1.82) is 0 Å². The van der Waals surface area contributed by atoms with Crippen molar-refractivity contribution in [3.8, 4) is 5.88 Å². The van der Waals surface area contributed by atoms with E-state index in [0.717, 1.165) is 30.5 Å². The van der Waals surface area contributed by atoms with Crippen LogP contribution in [0.4, 0.5) is 4.79 Å². The summed E-state index contributed by atoms with van der Waals surface area (Å²) >= 11 is 0. The lowest BCUT2D eigenvalue weighted by Crippen LogP contribution is -2.48. The summed E-state index contributed by atoms with van der Waals surface area (Å²) in [5, 5.41) is 10.0. The van der Waals surface area contributed by atoms with Gasteiger partial charge < -0.3 is 20.3 Å². The van der Waals surface area contributed by atoms with E-state index in [1.165, 1.54) is 0 Å². The molecule has 1 aliphatic heterocycles. The van der Waals surface area contributed by atoms with Crippen LogP contribution in [0, 0.1) is 5.92 Å². The average Bonchev–Trinajstić information content (AvgIpc) is 2.93. The molecule has 1 aromatic heterocycles. The Labute approximate surface area is 142 Å². The van der Waals surface area contributed by atoms with Gasteiger partial charge in [0, 0.05) is 27.2 Å². The molecule has 134 valence electrons. The molecule has 0 radical (unpaired) electrons. The molecule has 2 rings (SSSR count). The number of piperidine rings is 1. The Balaban J connectivity index is 1.99. The Morgan fingerprint density at radius 1 is 1.42 bits per heavy atom. The zero-order chi connectivity index (χ0) is 17.7. The van der Waals surface area contributed by atoms with E-state index in [1.807, 2.05) is 14.0 Å². The Morgan fingerprint density at radius 3 is 2.79 bits per heavy atom. The quantitative estimate of drug-likeness (QED) is 0.826. The molecule has 8 heteroatoms. The number of rotatable bonds is 5. The number of urea groups is 1. The number of aromatic nitrogens is 2. The fourth-order valence-corrected chi connectivity index (χ4v) is 3.18. The number of likely N-dealkylation sites (tertiary alicyclic amines) is 1. The molecule has 0 bridgehead atoms. The number of ether oxygens (including phenoxy) is 1.